The van der Waals surface area contributed by atoms with Crippen molar-refractivity contribution < 1.29 is 13.2 Å². The van der Waals surface area contributed by atoms with Crippen LogP contribution in [-0.2, 0) is 12.7 Å². The average Bonchev–Trinajstić information content (AvgIpc) is 2.97. The van der Waals surface area contributed by atoms with Gasteiger partial charge in [-0.15, -0.1) is 0 Å². The summed E-state index contributed by atoms with van der Waals surface area (Å²) in [5.41, 5.74) is 1.41. The molecule has 0 aliphatic carbocycles. The Labute approximate surface area is 132 Å². The van der Waals surface area contributed by atoms with Crippen LogP contribution in [0.1, 0.15) is 35.7 Å². The van der Waals surface area contributed by atoms with Crippen molar-refractivity contribution in [1.82, 2.24) is 19.7 Å². The van der Waals surface area contributed by atoms with E-state index < -0.39 is 11.9 Å². The molecule has 1 saturated heterocycles. The van der Waals surface area contributed by atoms with Crippen molar-refractivity contribution in [3.63, 3.8) is 0 Å². The van der Waals surface area contributed by atoms with Crippen LogP contribution in [0.4, 0.5) is 13.2 Å². The number of rotatable bonds is 3. The molecule has 0 aromatic carbocycles. The van der Waals surface area contributed by atoms with Gasteiger partial charge < -0.3 is 0 Å². The first-order valence-electron chi connectivity index (χ1n) is 7.67. The van der Waals surface area contributed by atoms with Gasteiger partial charge in [-0.05, 0) is 43.5 Å². The Bertz CT molecular complexity index is 665. The zero-order valence-electron chi connectivity index (χ0n) is 12.9. The van der Waals surface area contributed by atoms with Gasteiger partial charge >= 0.3 is 6.18 Å². The molecule has 1 unspecified atom stereocenters. The number of aryl methyl sites for hydroxylation is 1. The lowest BCUT2D eigenvalue weighted by Crippen LogP contribution is -2.36. The molecule has 124 valence electrons. The van der Waals surface area contributed by atoms with Gasteiger partial charge in [0.1, 0.15) is 0 Å². The van der Waals surface area contributed by atoms with Gasteiger partial charge in [-0.2, -0.15) is 18.3 Å². The zero-order chi connectivity index (χ0) is 16.4. The normalized spacial score (nSPS) is 19.9. The SMILES string of the molecule is Cc1cncc(CN2CCCC(n3ccc(C(F)(F)F)n3)C2)c1. The second-order valence-electron chi connectivity index (χ2n) is 6.08. The maximum atomic E-state index is 12.7. The van der Waals surface area contributed by atoms with Crippen LogP contribution in [-0.4, -0.2) is 32.8 Å². The molecule has 0 N–H and O–H groups in total. The van der Waals surface area contributed by atoms with Gasteiger partial charge in [-0.1, -0.05) is 6.07 Å². The van der Waals surface area contributed by atoms with E-state index in [-0.39, 0.29) is 6.04 Å². The van der Waals surface area contributed by atoms with Gasteiger partial charge in [-0.25, -0.2) is 0 Å². The number of likely N-dealkylation sites (tertiary alicyclic amines) is 1. The lowest BCUT2D eigenvalue weighted by Gasteiger charge is -2.32. The van der Waals surface area contributed by atoms with Crippen molar-refractivity contribution in [1.29, 1.82) is 0 Å². The minimum Gasteiger partial charge on any atom is -0.297 e. The Hall–Kier alpha value is -1.89. The lowest BCUT2D eigenvalue weighted by atomic mass is 10.1. The Morgan fingerprint density at radius 1 is 1.30 bits per heavy atom. The molecule has 23 heavy (non-hydrogen) atoms. The molecule has 3 rings (SSSR count). The summed E-state index contributed by atoms with van der Waals surface area (Å²) in [7, 11) is 0. The average molecular weight is 324 g/mol. The van der Waals surface area contributed by atoms with Gasteiger partial charge in [0, 0.05) is 31.7 Å². The molecule has 0 radical (unpaired) electrons. The second-order valence-corrected chi connectivity index (χ2v) is 6.08. The maximum Gasteiger partial charge on any atom is 0.435 e. The van der Waals surface area contributed by atoms with Crippen LogP contribution in [0.15, 0.2) is 30.7 Å². The summed E-state index contributed by atoms with van der Waals surface area (Å²) in [6.07, 6.45) is 2.50. The van der Waals surface area contributed by atoms with E-state index in [2.05, 4.69) is 21.0 Å². The molecule has 0 bridgehead atoms. The first-order chi connectivity index (χ1) is 10.9. The van der Waals surface area contributed by atoms with Crippen molar-refractivity contribution >= 4 is 0 Å². The van der Waals surface area contributed by atoms with E-state index >= 15 is 0 Å². The summed E-state index contributed by atoms with van der Waals surface area (Å²) in [5, 5.41) is 3.71. The zero-order valence-corrected chi connectivity index (χ0v) is 12.9. The monoisotopic (exact) mass is 324 g/mol. The smallest absolute Gasteiger partial charge is 0.297 e. The van der Waals surface area contributed by atoms with Gasteiger partial charge in [0.2, 0.25) is 0 Å². The third kappa shape index (κ3) is 3.90. The van der Waals surface area contributed by atoms with Crippen molar-refractivity contribution in [2.24, 2.45) is 0 Å². The van der Waals surface area contributed by atoms with Crippen LogP contribution in [0.2, 0.25) is 0 Å². The number of aromatic nitrogens is 3. The van der Waals surface area contributed by atoms with Crippen LogP contribution in [0, 0.1) is 6.92 Å². The number of piperidine rings is 1. The molecule has 0 amide bonds. The van der Waals surface area contributed by atoms with Crippen molar-refractivity contribution in [3.8, 4) is 0 Å². The minimum absolute atomic E-state index is 0.0161. The van der Waals surface area contributed by atoms with Crippen LogP contribution >= 0.6 is 0 Å². The summed E-state index contributed by atoms with van der Waals surface area (Å²) >= 11 is 0. The molecule has 1 fully saturated rings. The van der Waals surface area contributed by atoms with Crippen LogP contribution in [0.3, 0.4) is 0 Å². The molecular weight excluding hydrogens is 305 g/mol. The molecule has 7 heteroatoms. The molecule has 0 saturated carbocycles. The van der Waals surface area contributed by atoms with Gasteiger partial charge in [0.05, 0.1) is 6.04 Å². The van der Waals surface area contributed by atoms with Crippen LogP contribution < -0.4 is 0 Å². The maximum absolute atomic E-state index is 12.7. The summed E-state index contributed by atoms with van der Waals surface area (Å²) < 4.78 is 39.5. The number of nitrogens with zero attached hydrogens (tertiary/aromatic N) is 4. The standard InChI is InChI=1S/C16H19F3N4/c1-12-7-13(9-20-8-12)10-22-5-2-3-14(11-22)23-6-4-15(21-23)16(17,18)19/h4,6-9,14H,2-3,5,10-11H2,1H3. The molecular formula is C16H19F3N4. The molecule has 2 aromatic rings. The highest BCUT2D eigenvalue weighted by atomic mass is 19.4. The summed E-state index contributed by atoms with van der Waals surface area (Å²) in [6.45, 7) is 4.40. The first kappa shape index (κ1) is 16.0. The van der Waals surface area contributed by atoms with Crippen molar-refractivity contribution in [3.05, 3.63) is 47.5 Å². The highest BCUT2D eigenvalue weighted by Crippen LogP contribution is 2.29. The van der Waals surface area contributed by atoms with E-state index in [1.807, 2.05) is 19.3 Å². The lowest BCUT2D eigenvalue weighted by molar-refractivity contribution is -0.141. The molecule has 2 aromatic heterocycles. The van der Waals surface area contributed by atoms with E-state index in [1.165, 1.54) is 10.9 Å². The molecule has 1 aliphatic rings. The van der Waals surface area contributed by atoms with Crippen LogP contribution in [0.5, 0.6) is 0 Å². The number of hydrogen-bond acceptors (Lipinski definition) is 3. The largest absolute Gasteiger partial charge is 0.435 e. The Morgan fingerprint density at radius 3 is 2.83 bits per heavy atom. The topological polar surface area (TPSA) is 34.0 Å². The van der Waals surface area contributed by atoms with E-state index in [9.17, 15) is 13.2 Å². The predicted octanol–water partition coefficient (Wildman–Crippen LogP) is 3.44. The van der Waals surface area contributed by atoms with E-state index in [0.717, 1.165) is 43.1 Å². The number of alkyl halides is 3. The highest BCUT2D eigenvalue weighted by molar-refractivity contribution is 5.16. The number of pyridine rings is 1. The quantitative estimate of drug-likeness (QED) is 0.867. The Kier molecular flexibility index (Phi) is 4.39. The second kappa shape index (κ2) is 6.31. The fraction of sp³-hybridized carbons (Fsp3) is 0.500. The van der Waals surface area contributed by atoms with E-state index in [1.54, 1.807) is 0 Å². The fourth-order valence-electron chi connectivity index (χ4n) is 3.05. The minimum atomic E-state index is -4.38. The van der Waals surface area contributed by atoms with Crippen molar-refractivity contribution in [2.45, 2.75) is 38.5 Å². The Balaban J connectivity index is 1.67. The first-order valence-corrected chi connectivity index (χ1v) is 7.67. The van der Waals surface area contributed by atoms with Crippen molar-refractivity contribution in [2.75, 3.05) is 13.1 Å². The molecule has 1 atom stereocenters. The van der Waals surface area contributed by atoms with Gasteiger partial charge in [-0.3, -0.25) is 14.6 Å². The fourth-order valence-corrected chi connectivity index (χ4v) is 3.05. The van der Waals surface area contributed by atoms with E-state index in [0.29, 0.717) is 6.54 Å². The molecule has 4 nitrogen and oxygen atoms in total. The number of hydrogen-bond donors (Lipinski definition) is 0. The third-order valence-corrected chi connectivity index (χ3v) is 4.09. The Morgan fingerprint density at radius 2 is 2.13 bits per heavy atom. The summed E-state index contributed by atoms with van der Waals surface area (Å²) in [6, 6.07) is 3.12. The van der Waals surface area contributed by atoms with Crippen LogP contribution in [0.25, 0.3) is 0 Å². The van der Waals surface area contributed by atoms with E-state index in [4.69, 9.17) is 0 Å². The third-order valence-electron chi connectivity index (χ3n) is 4.09. The molecule has 1 aliphatic heterocycles. The summed E-state index contributed by atoms with van der Waals surface area (Å²) in [4.78, 5) is 6.44. The number of halogens is 3. The molecule has 3 heterocycles. The highest BCUT2D eigenvalue weighted by Gasteiger charge is 2.34. The summed E-state index contributed by atoms with van der Waals surface area (Å²) in [5.74, 6) is 0. The molecule has 0 spiro atoms. The van der Waals surface area contributed by atoms with Gasteiger partial charge in [0.15, 0.2) is 5.69 Å². The van der Waals surface area contributed by atoms with Gasteiger partial charge in [0.25, 0.3) is 0 Å². The predicted molar refractivity (Wildman–Crippen MR) is 79.8 cm³/mol.